The zero-order valence-corrected chi connectivity index (χ0v) is 30.7. The van der Waals surface area contributed by atoms with Gasteiger partial charge in [-0.2, -0.15) is 0 Å². The van der Waals surface area contributed by atoms with Crippen LogP contribution >= 0.6 is 0 Å². The van der Waals surface area contributed by atoms with Gasteiger partial charge in [-0.15, -0.1) is 0 Å². The lowest BCUT2D eigenvalue weighted by molar-refractivity contribution is 1.14. The van der Waals surface area contributed by atoms with Crippen molar-refractivity contribution < 1.29 is 0 Å². The molecule has 0 amide bonds. The summed E-state index contributed by atoms with van der Waals surface area (Å²) in [6.07, 6.45) is 2.31. The van der Waals surface area contributed by atoms with E-state index in [9.17, 15) is 0 Å². The van der Waals surface area contributed by atoms with Crippen LogP contribution < -0.4 is 0 Å². The Kier molecular flexibility index (Phi) is 7.53. The number of hydrogen-bond acceptors (Lipinski definition) is 0. The van der Waals surface area contributed by atoms with Crippen LogP contribution in [0.5, 0.6) is 0 Å². The average Bonchev–Trinajstić information content (AvgIpc) is 3.85. The van der Waals surface area contributed by atoms with Gasteiger partial charge in [-0.25, -0.2) is 0 Å². The molecule has 0 N–H and O–H groups in total. The van der Waals surface area contributed by atoms with E-state index >= 15 is 0 Å². The maximum Gasteiger partial charge on any atom is 0.0541 e. The van der Waals surface area contributed by atoms with Crippen molar-refractivity contribution in [2.24, 2.45) is 0 Å². The monoisotopic (exact) mass is 712 g/mol. The molecule has 2 heteroatoms. The molecule has 0 unspecified atom stereocenters. The molecule has 0 spiro atoms. The van der Waals surface area contributed by atoms with Crippen LogP contribution in [0.3, 0.4) is 0 Å². The quantitative estimate of drug-likeness (QED) is 0.162. The molecule has 0 radical (unpaired) electrons. The third-order valence-corrected chi connectivity index (χ3v) is 11.3. The first-order chi connectivity index (χ1) is 27.7. The van der Waals surface area contributed by atoms with Gasteiger partial charge in [0, 0.05) is 33.6 Å². The highest BCUT2D eigenvalue weighted by atomic mass is 15.0. The van der Waals surface area contributed by atoms with Gasteiger partial charge in [0.05, 0.1) is 22.4 Å². The van der Waals surface area contributed by atoms with E-state index in [0.29, 0.717) is 0 Å². The summed E-state index contributed by atoms with van der Waals surface area (Å²) in [6.45, 7) is 0. The summed E-state index contributed by atoms with van der Waals surface area (Å²) in [5.41, 5.74) is 14.2. The van der Waals surface area contributed by atoms with Gasteiger partial charge in [-0.1, -0.05) is 170 Å². The van der Waals surface area contributed by atoms with Crippen molar-refractivity contribution in [2.45, 2.75) is 0 Å². The van der Waals surface area contributed by atoms with Gasteiger partial charge in [0.15, 0.2) is 0 Å². The Morgan fingerprint density at radius 1 is 0.304 bits per heavy atom. The second kappa shape index (κ2) is 13.2. The summed E-state index contributed by atoms with van der Waals surface area (Å²) in [5.74, 6) is 0. The molecule has 11 rings (SSSR count). The molecular formula is C54H36N2. The van der Waals surface area contributed by atoms with Crippen LogP contribution in [-0.4, -0.2) is 9.13 Å². The minimum atomic E-state index is 1.13. The molecule has 0 aliphatic heterocycles. The molecule has 9 aromatic carbocycles. The van der Waals surface area contributed by atoms with E-state index in [0.717, 1.165) is 5.69 Å². The topological polar surface area (TPSA) is 9.86 Å². The highest BCUT2D eigenvalue weighted by Gasteiger charge is 2.17. The highest BCUT2D eigenvalue weighted by Crippen LogP contribution is 2.39. The molecule has 56 heavy (non-hydrogen) atoms. The van der Waals surface area contributed by atoms with Crippen LogP contribution in [0.25, 0.3) is 99.4 Å². The highest BCUT2D eigenvalue weighted by molar-refractivity contribution is 6.02. The fourth-order valence-corrected chi connectivity index (χ4v) is 8.53. The van der Waals surface area contributed by atoms with E-state index in [-0.39, 0.29) is 0 Å². The van der Waals surface area contributed by atoms with Crippen LogP contribution in [0.2, 0.25) is 0 Å². The number of rotatable bonds is 6. The number of aromatic nitrogens is 2. The summed E-state index contributed by atoms with van der Waals surface area (Å²) in [5, 5.41) is 7.38. The minimum Gasteiger partial charge on any atom is -0.315 e. The van der Waals surface area contributed by atoms with E-state index < -0.39 is 0 Å². The first kappa shape index (κ1) is 32.0. The first-order valence-electron chi connectivity index (χ1n) is 19.2. The van der Waals surface area contributed by atoms with Crippen molar-refractivity contribution in [3.63, 3.8) is 0 Å². The van der Waals surface area contributed by atoms with E-state index in [1.54, 1.807) is 0 Å². The zero-order chi connectivity index (χ0) is 37.0. The molecule has 0 aliphatic rings. The number of benzene rings is 9. The summed E-state index contributed by atoms with van der Waals surface area (Å²) in [7, 11) is 0. The third kappa shape index (κ3) is 5.42. The van der Waals surface area contributed by atoms with Gasteiger partial charge in [0.1, 0.15) is 0 Å². The predicted octanol–water partition coefficient (Wildman–Crippen LogP) is 14.5. The summed E-state index contributed by atoms with van der Waals surface area (Å²) in [4.78, 5) is 0. The number of hydrogen-bond donors (Lipinski definition) is 0. The van der Waals surface area contributed by atoms with Gasteiger partial charge in [-0.05, 0) is 92.0 Å². The lowest BCUT2D eigenvalue weighted by atomic mass is 10.00. The van der Waals surface area contributed by atoms with Crippen LogP contribution in [0.4, 0.5) is 0 Å². The second-order valence-electron chi connectivity index (χ2n) is 14.6. The lowest BCUT2D eigenvalue weighted by Gasteiger charge is -2.14. The third-order valence-electron chi connectivity index (χ3n) is 11.3. The molecule has 0 fully saturated rings. The van der Waals surface area contributed by atoms with Gasteiger partial charge in [-0.3, -0.25) is 0 Å². The normalized spacial score (nSPS) is 11.6. The Hall–Kier alpha value is -7.42. The molecule has 11 aromatic rings. The summed E-state index contributed by atoms with van der Waals surface area (Å²) < 4.78 is 4.82. The van der Waals surface area contributed by atoms with Gasteiger partial charge in [0.2, 0.25) is 0 Å². The van der Waals surface area contributed by atoms with E-state index in [2.05, 4.69) is 228 Å². The molecule has 262 valence electrons. The molecule has 0 saturated heterocycles. The predicted molar refractivity (Wildman–Crippen MR) is 237 cm³/mol. The van der Waals surface area contributed by atoms with Gasteiger partial charge in [0.25, 0.3) is 0 Å². The lowest BCUT2D eigenvalue weighted by Crippen LogP contribution is -1.97. The standard InChI is InChI=1S/C54H36N2/c1-3-12-37(13-4-1)39-26-29-47(30-27-39)56-52-33-43(23-25-46(52)35-53(56)45-24-22-38-14-7-8-18-42(38)32-45)44-28-31-49-50(41-15-5-2-6-16-41)36-55(54(49)34-44)51-21-11-19-40-17-9-10-20-48(40)51/h1-36H. The fraction of sp³-hybridized carbons (Fsp3) is 0. The van der Waals surface area contributed by atoms with E-state index in [1.165, 1.54) is 93.7 Å². The fourth-order valence-electron chi connectivity index (χ4n) is 8.53. The molecular weight excluding hydrogens is 677 g/mol. The van der Waals surface area contributed by atoms with Crippen molar-refractivity contribution in [1.29, 1.82) is 0 Å². The zero-order valence-electron chi connectivity index (χ0n) is 30.7. The summed E-state index contributed by atoms with van der Waals surface area (Å²) >= 11 is 0. The van der Waals surface area contributed by atoms with E-state index in [4.69, 9.17) is 0 Å². The molecule has 0 aliphatic carbocycles. The van der Waals surface area contributed by atoms with Crippen LogP contribution in [0.1, 0.15) is 0 Å². The number of fused-ring (bicyclic) bond motifs is 4. The SMILES string of the molecule is c1ccc(-c2ccc(-n3c(-c4ccc5ccccc5c4)cc4ccc(-c5ccc6c(-c7ccccc7)cn(-c7cccc8ccccc78)c6c5)cc43)cc2)cc1. The molecule has 0 bridgehead atoms. The smallest absolute Gasteiger partial charge is 0.0541 e. The van der Waals surface area contributed by atoms with Crippen LogP contribution in [-0.2, 0) is 0 Å². The van der Waals surface area contributed by atoms with E-state index in [1.807, 2.05) is 0 Å². The molecule has 2 heterocycles. The molecule has 2 aromatic heterocycles. The molecule has 0 saturated carbocycles. The Balaban J connectivity index is 1.11. The van der Waals surface area contributed by atoms with Crippen molar-refractivity contribution >= 4 is 43.4 Å². The van der Waals surface area contributed by atoms with Crippen LogP contribution in [0.15, 0.2) is 219 Å². The Morgan fingerprint density at radius 3 is 1.70 bits per heavy atom. The Bertz CT molecular complexity index is 3220. The van der Waals surface area contributed by atoms with Crippen molar-refractivity contribution in [3.8, 4) is 56.0 Å². The largest absolute Gasteiger partial charge is 0.315 e. The Morgan fingerprint density at radius 2 is 0.893 bits per heavy atom. The van der Waals surface area contributed by atoms with Crippen molar-refractivity contribution in [3.05, 3.63) is 219 Å². The molecule has 0 atom stereocenters. The maximum absolute atomic E-state index is 2.43. The molecule has 2 nitrogen and oxygen atoms in total. The van der Waals surface area contributed by atoms with Crippen molar-refractivity contribution in [2.75, 3.05) is 0 Å². The van der Waals surface area contributed by atoms with Crippen molar-refractivity contribution in [1.82, 2.24) is 9.13 Å². The van der Waals surface area contributed by atoms with Gasteiger partial charge < -0.3 is 9.13 Å². The second-order valence-corrected chi connectivity index (χ2v) is 14.6. The van der Waals surface area contributed by atoms with Crippen LogP contribution in [0, 0.1) is 0 Å². The van der Waals surface area contributed by atoms with Gasteiger partial charge >= 0.3 is 0 Å². The summed E-state index contributed by atoms with van der Waals surface area (Å²) in [6, 6.07) is 77.3. The minimum absolute atomic E-state index is 1.13. The average molecular weight is 713 g/mol. The first-order valence-corrected chi connectivity index (χ1v) is 19.2. The number of nitrogens with zero attached hydrogens (tertiary/aromatic N) is 2. The Labute approximate surface area is 325 Å². The maximum atomic E-state index is 2.43.